The summed E-state index contributed by atoms with van der Waals surface area (Å²) >= 11 is 0. The minimum atomic E-state index is 0.0963. The third kappa shape index (κ3) is 5.17. The van der Waals surface area contributed by atoms with Crippen molar-refractivity contribution in [2.75, 3.05) is 13.1 Å². The summed E-state index contributed by atoms with van der Waals surface area (Å²) in [4.78, 5) is 18.2. The van der Waals surface area contributed by atoms with Crippen LogP contribution >= 0.6 is 0 Å². The van der Waals surface area contributed by atoms with Gasteiger partial charge in [-0.05, 0) is 19.4 Å². The molecular weight excluding hydrogens is 192 g/mol. The van der Waals surface area contributed by atoms with Crippen LogP contribution in [0.4, 0.5) is 0 Å². The van der Waals surface area contributed by atoms with Crippen molar-refractivity contribution in [3.05, 3.63) is 18.2 Å². The molecule has 0 aliphatic carbocycles. The van der Waals surface area contributed by atoms with Gasteiger partial charge < -0.3 is 16.0 Å². The first-order valence-corrected chi connectivity index (χ1v) is 5.27. The first kappa shape index (κ1) is 11.7. The van der Waals surface area contributed by atoms with E-state index < -0.39 is 0 Å². The second kappa shape index (κ2) is 7.00. The third-order valence-electron chi connectivity index (χ3n) is 2.12. The van der Waals surface area contributed by atoms with E-state index in [2.05, 4.69) is 15.3 Å². The van der Waals surface area contributed by atoms with Gasteiger partial charge in [0.1, 0.15) is 0 Å². The Balaban J connectivity index is 2.02. The molecule has 4 N–H and O–H groups in total. The lowest BCUT2D eigenvalue weighted by molar-refractivity contribution is -0.121. The van der Waals surface area contributed by atoms with Crippen molar-refractivity contribution in [1.29, 1.82) is 0 Å². The summed E-state index contributed by atoms with van der Waals surface area (Å²) in [5.74, 6) is 0.0963. The van der Waals surface area contributed by atoms with E-state index in [1.165, 1.54) is 0 Å². The molecule has 1 rings (SSSR count). The van der Waals surface area contributed by atoms with Crippen LogP contribution in [0.15, 0.2) is 12.5 Å². The number of amides is 1. The highest BCUT2D eigenvalue weighted by atomic mass is 16.1. The van der Waals surface area contributed by atoms with E-state index in [0.717, 1.165) is 25.0 Å². The predicted molar refractivity (Wildman–Crippen MR) is 58.2 cm³/mol. The molecule has 0 saturated heterocycles. The zero-order chi connectivity index (χ0) is 10.9. The Morgan fingerprint density at radius 1 is 1.53 bits per heavy atom. The van der Waals surface area contributed by atoms with Gasteiger partial charge in [-0.3, -0.25) is 4.79 Å². The van der Waals surface area contributed by atoms with Gasteiger partial charge in [-0.1, -0.05) is 0 Å². The van der Waals surface area contributed by atoms with Crippen LogP contribution in [0.5, 0.6) is 0 Å². The molecule has 0 bridgehead atoms. The number of carbonyl (C=O) groups excluding carboxylic acids is 1. The molecule has 0 atom stereocenters. The quantitative estimate of drug-likeness (QED) is 0.562. The molecule has 5 heteroatoms. The van der Waals surface area contributed by atoms with Crippen molar-refractivity contribution in [1.82, 2.24) is 15.3 Å². The molecule has 1 aromatic rings. The van der Waals surface area contributed by atoms with Crippen molar-refractivity contribution in [3.63, 3.8) is 0 Å². The number of aromatic nitrogens is 2. The number of imidazole rings is 1. The summed E-state index contributed by atoms with van der Waals surface area (Å²) in [6.45, 7) is 1.30. The van der Waals surface area contributed by atoms with E-state index in [-0.39, 0.29) is 5.91 Å². The molecule has 0 fully saturated rings. The fourth-order valence-electron chi connectivity index (χ4n) is 1.28. The Morgan fingerprint density at radius 3 is 3.07 bits per heavy atom. The van der Waals surface area contributed by atoms with Gasteiger partial charge in [0.15, 0.2) is 0 Å². The van der Waals surface area contributed by atoms with Crippen molar-refractivity contribution in [2.45, 2.75) is 25.7 Å². The van der Waals surface area contributed by atoms with E-state index in [4.69, 9.17) is 5.73 Å². The molecule has 0 aromatic carbocycles. The van der Waals surface area contributed by atoms with Gasteiger partial charge in [-0.2, -0.15) is 0 Å². The van der Waals surface area contributed by atoms with Gasteiger partial charge in [0.05, 0.1) is 12.0 Å². The Hall–Kier alpha value is -1.36. The Kier molecular flexibility index (Phi) is 5.47. The summed E-state index contributed by atoms with van der Waals surface area (Å²) < 4.78 is 0. The van der Waals surface area contributed by atoms with Gasteiger partial charge in [-0.15, -0.1) is 0 Å². The first-order chi connectivity index (χ1) is 7.33. The minimum absolute atomic E-state index is 0.0963. The number of hydrogen-bond donors (Lipinski definition) is 3. The van der Waals surface area contributed by atoms with Gasteiger partial charge in [0, 0.05) is 25.6 Å². The number of carbonyl (C=O) groups is 1. The first-order valence-electron chi connectivity index (χ1n) is 5.27. The summed E-state index contributed by atoms with van der Waals surface area (Å²) in [6.07, 6.45) is 6.58. The summed E-state index contributed by atoms with van der Waals surface area (Å²) in [6, 6.07) is 0. The zero-order valence-electron chi connectivity index (χ0n) is 8.83. The minimum Gasteiger partial charge on any atom is -0.356 e. The van der Waals surface area contributed by atoms with Crippen molar-refractivity contribution in [2.24, 2.45) is 5.73 Å². The number of nitrogens with zero attached hydrogens (tertiary/aromatic N) is 1. The van der Waals surface area contributed by atoms with Crippen LogP contribution in [-0.4, -0.2) is 29.0 Å². The molecule has 1 aromatic heterocycles. The lowest BCUT2D eigenvalue weighted by atomic mass is 10.2. The highest BCUT2D eigenvalue weighted by molar-refractivity contribution is 5.75. The predicted octanol–water partition coefficient (Wildman–Crippen LogP) is 0.197. The number of nitrogens with two attached hydrogens (primary N) is 1. The van der Waals surface area contributed by atoms with E-state index in [0.29, 0.717) is 19.5 Å². The van der Waals surface area contributed by atoms with E-state index in [9.17, 15) is 4.79 Å². The fourth-order valence-corrected chi connectivity index (χ4v) is 1.28. The molecule has 0 aliphatic rings. The number of H-pyrrole nitrogens is 1. The topological polar surface area (TPSA) is 83.8 Å². The van der Waals surface area contributed by atoms with Crippen LogP contribution < -0.4 is 11.1 Å². The van der Waals surface area contributed by atoms with Crippen LogP contribution in [0.2, 0.25) is 0 Å². The second-order valence-corrected chi connectivity index (χ2v) is 3.41. The molecule has 0 spiro atoms. The SMILES string of the molecule is NCCCCC(=O)NCCc1c[nH]cn1. The summed E-state index contributed by atoms with van der Waals surface area (Å²) in [7, 11) is 0. The van der Waals surface area contributed by atoms with Gasteiger partial charge >= 0.3 is 0 Å². The Morgan fingerprint density at radius 2 is 2.40 bits per heavy atom. The molecule has 1 amide bonds. The monoisotopic (exact) mass is 210 g/mol. The smallest absolute Gasteiger partial charge is 0.220 e. The molecule has 84 valence electrons. The maximum absolute atomic E-state index is 11.3. The molecule has 15 heavy (non-hydrogen) atoms. The van der Waals surface area contributed by atoms with Crippen LogP contribution in [0, 0.1) is 0 Å². The summed E-state index contributed by atoms with van der Waals surface area (Å²) in [5, 5.41) is 2.85. The highest BCUT2D eigenvalue weighted by Gasteiger charge is 2.00. The highest BCUT2D eigenvalue weighted by Crippen LogP contribution is 1.94. The molecule has 0 saturated carbocycles. The lowest BCUT2D eigenvalue weighted by Crippen LogP contribution is -2.25. The average molecular weight is 210 g/mol. The van der Waals surface area contributed by atoms with E-state index >= 15 is 0 Å². The number of hydrogen-bond acceptors (Lipinski definition) is 3. The Bertz CT molecular complexity index is 271. The van der Waals surface area contributed by atoms with Gasteiger partial charge in [0.25, 0.3) is 0 Å². The third-order valence-corrected chi connectivity index (χ3v) is 2.12. The number of rotatable bonds is 7. The molecule has 0 unspecified atom stereocenters. The van der Waals surface area contributed by atoms with Crippen molar-refractivity contribution >= 4 is 5.91 Å². The zero-order valence-corrected chi connectivity index (χ0v) is 8.83. The van der Waals surface area contributed by atoms with Gasteiger partial charge in [-0.25, -0.2) is 4.98 Å². The van der Waals surface area contributed by atoms with Crippen LogP contribution in [0.25, 0.3) is 0 Å². The fraction of sp³-hybridized carbons (Fsp3) is 0.600. The Labute approximate surface area is 89.5 Å². The second-order valence-electron chi connectivity index (χ2n) is 3.41. The maximum Gasteiger partial charge on any atom is 0.220 e. The van der Waals surface area contributed by atoms with Gasteiger partial charge in [0.2, 0.25) is 5.91 Å². The number of aromatic amines is 1. The number of nitrogens with one attached hydrogen (secondary N) is 2. The normalized spacial score (nSPS) is 10.2. The largest absolute Gasteiger partial charge is 0.356 e. The van der Waals surface area contributed by atoms with Crippen molar-refractivity contribution in [3.8, 4) is 0 Å². The van der Waals surface area contributed by atoms with Crippen LogP contribution in [0.1, 0.15) is 25.0 Å². The standard InChI is InChI=1S/C10H18N4O/c11-5-2-1-3-10(15)13-6-4-9-7-12-8-14-9/h7-8H,1-6,11H2,(H,12,14)(H,13,15). The summed E-state index contributed by atoms with van der Waals surface area (Å²) in [5.41, 5.74) is 6.31. The molecule has 1 heterocycles. The van der Waals surface area contributed by atoms with Crippen molar-refractivity contribution < 1.29 is 4.79 Å². The molecule has 5 nitrogen and oxygen atoms in total. The lowest BCUT2D eigenvalue weighted by Gasteiger charge is -2.03. The molecular formula is C10H18N4O. The average Bonchev–Trinajstić information content (AvgIpc) is 2.71. The van der Waals surface area contributed by atoms with Crippen LogP contribution in [-0.2, 0) is 11.2 Å². The molecule has 0 aliphatic heterocycles. The maximum atomic E-state index is 11.3. The number of unbranched alkanes of at least 4 members (excludes halogenated alkanes) is 1. The van der Waals surface area contributed by atoms with E-state index in [1.54, 1.807) is 6.33 Å². The van der Waals surface area contributed by atoms with E-state index in [1.807, 2.05) is 6.20 Å². The molecule has 0 radical (unpaired) electrons. The van der Waals surface area contributed by atoms with Crippen LogP contribution in [0.3, 0.4) is 0 Å².